The minimum absolute atomic E-state index is 0.0451. The van der Waals surface area contributed by atoms with E-state index in [9.17, 15) is 0 Å². The lowest BCUT2D eigenvalue weighted by Gasteiger charge is -2.11. The number of nitrogens with one attached hydrogen (secondary N) is 2. The van der Waals surface area contributed by atoms with Gasteiger partial charge >= 0.3 is 0 Å². The summed E-state index contributed by atoms with van der Waals surface area (Å²) in [6.07, 6.45) is 0. The number of halogens is 1. The van der Waals surface area contributed by atoms with Crippen LogP contribution in [0.2, 0.25) is 5.02 Å². The minimum Gasteiger partial charge on any atom is -0.395 e. The smallest absolute Gasteiger partial charge is 0.170 e. The number of benzene rings is 1. The summed E-state index contributed by atoms with van der Waals surface area (Å²) >= 11 is 11.0. The van der Waals surface area contributed by atoms with E-state index in [0.29, 0.717) is 16.7 Å². The van der Waals surface area contributed by atoms with Gasteiger partial charge in [0.05, 0.1) is 17.3 Å². The van der Waals surface area contributed by atoms with Crippen molar-refractivity contribution in [1.29, 1.82) is 0 Å². The molecule has 0 atom stereocenters. The first kappa shape index (κ1) is 12.2. The van der Waals surface area contributed by atoms with E-state index >= 15 is 0 Å². The van der Waals surface area contributed by atoms with Gasteiger partial charge in [0.1, 0.15) is 0 Å². The summed E-state index contributed by atoms with van der Waals surface area (Å²) in [7, 11) is 0. The lowest BCUT2D eigenvalue weighted by Crippen LogP contribution is -2.30. The summed E-state index contributed by atoms with van der Waals surface area (Å²) in [6, 6.07) is 5.67. The van der Waals surface area contributed by atoms with E-state index in [0.717, 1.165) is 11.3 Å². The lowest BCUT2D eigenvalue weighted by atomic mass is 10.2. The molecule has 1 aromatic rings. The van der Waals surface area contributed by atoms with Crippen molar-refractivity contribution >= 4 is 34.6 Å². The SMILES string of the molecule is Cc1ccc(NC(=S)NCCO)c(Cl)c1. The summed E-state index contributed by atoms with van der Waals surface area (Å²) in [5, 5.41) is 15.5. The molecule has 0 amide bonds. The molecule has 3 N–H and O–H groups in total. The summed E-state index contributed by atoms with van der Waals surface area (Å²) in [5.41, 5.74) is 1.86. The van der Waals surface area contributed by atoms with Gasteiger partial charge in [0, 0.05) is 6.54 Å². The number of aliphatic hydroxyl groups excluding tert-OH is 1. The van der Waals surface area contributed by atoms with Gasteiger partial charge in [-0.15, -0.1) is 0 Å². The van der Waals surface area contributed by atoms with E-state index in [4.69, 9.17) is 28.9 Å². The van der Waals surface area contributed by atoms with E-state index in [1.54, 1.807) is 0 Å². The van der Waals surface area contributed by atoms with Gasteiger partial charge in [-0.2, -0.15) is 0 Å². The van der Waals surface area contributed by atoms with Crippen LogP contribution in [-0.2, 0) is 0 Å². The number of thiocarbonyl (C=S) groups is 1. The summed E-state index contributed by atoms with van der Waals surface area (Å²) in [5.74, 6) is 0. The number of hydrogen-bond acceptors (Lipinski definition) is 2. The molecule has 0 unspecified atom stereocenters. The van der Waals surface area contributed by atoms with Crippen molar-refractivity contribution in [3.05, 3.63) is 28.8 Å². The van der Waals surface area contributed by atoms with Crippen molar-refractivity contribution in [2.24, 2.45) is 0 Å². The van der Waals surface area contributed by atoms with Crippen LogP contribution in [0.5, 0.6) is 0 Å². The average Bonchev–Trinajstić information content (AvgIpc) is 2.19. The van der Waals surface area contributed by atoms with Gasteiger partial charge in [-0.25, -0.2) is 0 Å². The Labute approximate surface area is 99.4 Å². The van der Waals surface area contributed by atoms with Crippen molar-refractivity contribution in [1.82, 2.24) is 5.32 Å². The molecular weight excluding hydrogens is 232 g/mol. The van der Waals surface area contributed by atoms with Gasteiger partial charge in [0.2, 0.25) is 0 Å². The normalized spacial score (nSPS) is 9.80. The predicted octanol–water partition coefficient (Wildman–Crippen LogP) is 1.93. The highest BCUT2D eigenvalue weighted by molar-refractivity contribution is 7.80. The Hall–Kier alpha value is -0.840. The highest BCUT2D eigenvalue weighted by atomic mass is 35.5. The summed E-state index contributed by atoms with van der Waals surface area (Å²) in [4.78, 5) is 0. The van der Waals surface area contributed by atoms with Crippen molar-refractivity contribution < 1.29 is 5.11 Å². The molecule has 0 radical (unpaired) electrons. The molecule has 0 aromatic heterocycles. The molecule has 0 saturated carbocycles. The first-order chi connectivity index (χ1) is 7.13. The Balaban J connectivity index is 2.60. The zero-order valence-electron chi connectivity index (χ0n) is 8.38. The molecule has 3 nitrogen and oxygen atoms in total. The Morgan fingerprint density at radius 3 is 2.87 bits per heavy atom. The zero-order valence-corrected chi connectivity index (χ0v) is 9.95. The first-order valence-corrected chi connectivity index (χ1v) is 5.34. The van der Waals surface area contributed by atoms with Crippen LogP contribution in [0.1, 0.15) is 5.56 Å². The molecule has 0 spiro atoms. The van der Waals surface area contributed by atoms with E-state index < -0.39 is 0 Å². The quantitative estimate of drug-likeness (QED) is 0.711. The summed E-state index contributed by atoms with van der Waals surface area (Å²) in [6.45, 7) is 2.44. The van der Waals surface area contributed by atoms with Crippen molar-refractivity contribution in [2.75, 3.05) is 18.5 Å². The van der Waals surface area contributed by atoms with Crippen LogP contribution in [0, 0.1) is 6.92 Å². The largest absolute Gasteiger partial charge is 0.395 e. The molecule has 0 fully saturated rings. The van der Waals surface area contributed by atoms with Gasteiger partial charge < -0.3 is 15.7 Å². The van der Waals surface area contributed by atoms with Crippen LogP contribution >= 0.6 is 23.8 Å². The number of anilines is 1. The van der Waals surface area contributed by atoms with E-state index in [1.807, 2.05) is 25.1 Å². The fourth-order valence-electron chi connectivity index (χ4n) is 1.06. The fraction of sp³-hybridized carbons (Fsp3) is 0.300. The number of hydrogen-bond donors (Lipinski definition) is 3. The molecule has 1 aromatic carbocycles. The number of aliphatic hydroxyl groups is 1. The molecule has 5 heteroatoms. The van der Waals surface area contributed by atoms with Crippen molar-refractivity contribution in [3.8, 4) is 0 Å². The second-order valence-corrected chi connectivity index (χ2v) is 3.90. The lowest BCUT2D eigenvalue weighted by molar-refractivity contribution is 0.301. The Kier molecular flexibility index (Phi) is 4.81. The van der Waals surface area contributed by atoms with Crippen LogP contribution in [0.4, 0.5) is 5.69 Å². The van der Waals surface area contributed by atoms with E-state index in [-0.39, 0.29) is 6.61 Å². The minimum atomic E-state index is 0.0451. The molecule has 0 aliphatic heterocycles. The maximum Gasteiger partial charge on any atom is 0.170 e. The first-order valence-electron chi connectivity index (χ1n) is 4.55. The fourth-order valence-corrected chi connectivity index (χ4v) is 1.55. The highest BCUT2D eigenvalue weighted by Crippen LogP contribution is 2.22. The second-order valence-electron chi connectivity index (χ2n) is 3.09. The maximum atomic E-state index is 8.60. The van der Waals surface area contributed by atoms with Gasteiger partial charge in [0.25, 0.3) is 0 Å². The topological polar surface area (TPSA) is 44.3 Å². The number of rotatable bonds is 3. The molecule has 1 rings (SSSR count). The van der Waals surface area contributed by atoms with Gasteiger partial charge in [-0.05, 0) is 36.8 Å². The van der Waals surface area contributed by atoms with Gasteiger partial charge in [0.15, 0.2) is 5.11 Å². The molecule has 82 valence electrons. The molecule has 0 saturated heterocycles. The van der Waals surface area contributed by atoms with Crippen LogP contribution in [0.3, 0.4) is 0 Å². The zero-order chi connectivity index (χ0) is 11.3. The van der Waals surface area contributed by atoms with Crippen LogP contribution in [-0.4, -0.2) is 23.4 Å². The van der Waals surface area contributed by atoms with Crippen molar-refractivity contribution in [2.45, 2.75) is 6.92 Å². The molecule has 0 aliphatic carbocycles. The third-order valence-corrected chi connectivity index (χ3v) is 2.33. The maximum absolute atomic E-state index is 8.60. The number of aryl methyl sites for hydroxylation is 1. The van der Waals surface area contributed by atoms with Crippen LogP contribution in [0.25, 0.3) is 0 Å². The predicted molar refractivity (Wildman–Crippen MR) is 67.5 cm³/mol. The third-order valence-electron chi connectivity index (χ3n) is 1.77. The molecule has 0 bridgehead atoms. The monoisotopic (exact) mass is 244 g/mol. The summed E-state index contributed by atoms with van der Waals surface area (Å²) < 4.78 is 0. The molecule has 15 heavy (non-hydrogen) atoms. The second kappa shape index (κ2) is 5.90. The molecule has 0 heterocycles. The highest BCUT2D eigenvalue weighted by Gasteiger charge is 2.01. The van der Waals surface area contributed by atoms with E-state index in [1.165, 1.54) is 0 Å². The average molecular weight is 245 g/mol. The Bertz CT molecular complexity index is 357. The van der Waals surface area contributed by atoms with E-state index in [2.05, 4.69) is 10.6 Å². The molecular formula is C10H13ClN2OS. The van der Waals surface area contributed by atoms with Gasteiger partial charge in [-0.1, -0.05) is 17.7 Å². The van der Waals surface area contributed by atoms with Gasteiger partial charge in [-0.3, -0.25) is 0 Å². The van der Waals surface area contributed by atoms with Crippen LogP contribution < -0.4 is 10.6 Å². The third kappa shape index (κ3) is 4.03. The van der Waals surface area contributed by atoms with Crippen molar-refractivity contribution in [3.63, 3.8) is 0 Å². The Morgan fingerprint density at radius 1 is 1.53 bits per heavy atom. The van der Waals surface area contributed by atoms with Crippen LogP contribution in [0.15, 0.2) is 18.2 Å². The standard InChI is InChI=1S/C10H13ClN2OS/c1-7-2-3-9(8(11)6-7)13-10(15)12-4-5-14/h2-3,6,14H,4-5H2,1H3,(H2,12,13,15). The Morgan fingerprint density at radius 2 is 2.27 bits per heavy atom. The molecule has 0 aliphatic rings.